The van der Waals surface area contributed by atoms with Crippen LogP contribution in [-0.4, -0.2) is 27.4 Å². The fourth-order valence-electron chi connectivity index (χ4n) is 2.87. The summed E-state index contributed by atoms with van der Waals surface area (Å²) in [6, 6.07) is 13.8. The molecule has 0 unspecified atom stereocenters. The van der Waals surface area contributed by atoms with Crippen molar-refractivity contribution < 1.29 is 14.3 Å². The summed E-state index contributed by atoms with van der Waals surface area (Å²) < 4.78 is 13.1. The number of ether oxygens (including phenoxy) is 2. The van der Waals surface area contributed by atoms with Gasteiger partial charge in [-0.15, -0.1) is 0 Å². The molecule has 2 N–H and O–H groups in total. The minimum absolute atomic E-state index is 0.0236. The molecule has 4 aromatic rings. The van der Waals surface area contributed by atoms with E-state index < -0.39 is 11.5 Å². The molecule has 3 heterocycles. The highest BCUT2D eigenvalue weighted by molar-refractivity contribution is 6.04. The van der Waals surface area contributed by atoms with Crippen LogP contribution in [0.25, 0.3) is 5.65 Å². The summed E-state index contributed by atoms with van der Waals surface area (Å²) >= 11 is 0. The van der Waals surface area contributed by atoms with Gasteiger partial charge in [-0.05, 0) is 36.4 Å². The van der Waals surface area contributed by atoms with E-state index in [-0.39, 0.29) is 12.2 Å². The van der Waals surface area contributed by atoms with E-state index in [1.165, 1.54) is 19.4 Å². The zero-order valence-electron chi connectivity index (χ0n) is 15.6. The monoisotopic (exact) mass is 390 g/mol. The maximum Gasteiger partial charge on any atom is 0.261 e. The molecule has 8 nitrogen and oxygen atoms in total. The normalized spacial score (nSPS) is 10.7. The standard InChI is InChI=1S/C21H18N4O4/c1-28-17-8-7-14(24-21(27)16-5-4-9-22-20(16)26)11-18(17)29-13-15-12-25-10-3-2-6-19(25)23-15/h2-12H,13H2,1H3,(H,22,26)(H,24,27). The van der Waals surface area contributed by atoms with Gasteiger partial charge in [0.2, 0.25) is 0 Å². The Balaban J connectivity index is 1.52. The first-order valence-corrected chi connectivity index (χ1v) is 8.86. The van der Waals surface area contributed by atoms with Gasteiger partial charge in [0, 0.05) is 30.3 Å². The second-order valence-corrected chi connectivity index (χ2v) is 6.22. The quantitative estimate of drug-likeness (QED) is 0.528. The lowest BCUT2D eigenvalue weighted by Crippen LogP contribution is -2.22. The van der Waals surface area contributed by atoms with Crippen LogP contribution in [0.5, 0.6) is 11.5 Å². The highest BCUT2D eigenvalue weighted by Gasteiger charge is 2.13. The van der Waals surface area contributed by atoms with Crippen LogP contribution in [0.1, 0.15) is 16.1 Å². The van der Waals surface area contributed by atoms with Crippen LogP contribution in [-0.2, 0) is 6.61 Å². The van der Waals surface area contributed by atoms with Gasteiger partial charge in [0.1, 0.15) is 17.8 Å². The second-order valence-electron chi connectivity index (χ2n) is 6.22. The number of pyridine rings is 2. The van der Waals surface area contributed by atoms with E-state index in [1.54, 1.807) is 24.3 Å². The summed E-state index contributed by atoms with van der Waals surface area (Å²) in [5.74, 6) is 0.456. The number of H-pyrrole nitrogens is 1. The Morgan fingerprint density at radius 1 is 1.17 bits per heavy atom. The molecule has 0 saturated carbocycles. The van der Waals surface area contributed by atoms with Crippen molar-refractivity contribution in [1.82, 2.24) is 14.4 Å². The van der Waals surface area contributed by atoms with Crippen molar-refractivity contribution in [2.24, 2.45) is 0 Å². The number of rotatable bonds is 6. The first-order valence-electron chi connectivity index (χ1n) is 8.86. The number of nitrogens with one attached hydrogen (secondary N) is 2. The molecular formula is C21H18N4O4. The summed E-state index contributed by atoms with van der Waals surface area (Å²) in [4.78, 5) is 31.1. The second kappa shape index (κ2) is 7.89. The Morgan fingerprint density at radius 3 is 2.86 bits per heavy atom. The zero-order valence-corrected chi connectivity index (χ0v) is 15.6. The van der Waals surface area contributed by atoms with Gasteiger partial charge in [0.25, 0.3) is 11.5 Å². The first-order chi connectivity index (χ1) is 14.1. The van der Waals surface area contributed by atoms with Crippen molar-refractivity contribution in [2.75, 3.05) is 12.4 Å². The zero-order chi connectivity index (χ0) is 20.2. The third-order valence-electron chi connectivity index (χ3n) is 4.27. The number of methoxy groups -OCH3 is 1. The lowest BCUT2D eigenvalue weighted by Gasteiger charge is -2.12. The lowest BCUT2D eigenvalue weighted by atomic mass is 10.2. The molecule has 0 saturated heterocycles. The maximum atomic E-state index is 12.4. The van der Waals surface area contributed by atoms with Crippen LogP contribution >= 0.6 is 0 Å². The van der Waals surface area contributed by atoms with Gasteiger partial charge < -0.3 is 24.2 Å². The van der Waals surface area contributed by atoms with E-state index in [0.717, 1.165) is 11.3 Å². The number of nitrogens with zero attached hydrogens (tertiary/aromatic N) is 2. The fourth-order valence-corrected chi connectivity index (χ4v) is 2.87. The smallest absolute Gasteiger partial charge is 0.261 e. The summed E-state index contributed by atoms with van der Waals surface area (Å²) in [6.07, 6.45) is 5.26. The van der Waals surface area contributed by atoms with Gasteiger partial charge in [0.05, 0.1) is 12.8 Å². The van der Waals surface area contributed by atoms with Crippen molar-refractivity contribution >= 4 is 17.2 Å². The third-order valence-corrected chi connectivity index (χ3v) is 4.27. The average molecular weight is 390 g/mol. The average Bonchev–Trinajstić information content (AvgIpc) is 3.15. The number of anilines is 1. The molecule has 0 bridgehead atoms. The Kier molecular flexibility index (Phi) is 4.98. The summed E-state index contributed by atoms with van der Waals surface area (Å²) in [5, 5.41) is 2.70. The summed E-state index contributed by atoms with van der Waals surface area (Å²) in [7, 11) is 1.54. The Morgan fingerprint density at radius 2 is 2.07 bits per heavy atom. The number of fused-ring (bicyclic) bond motifs is 1. The Bertz CT molecular complexity index is 1200. The molecule has 29 heavy (non-hydrogen) atoms. The van der Waals surface area contributed by atoms with Crippen molar-refractivity contribution in [3.63, 3.8) is 0 Å². The van der Waals surface area contributed by atoms with E-state index in [0.29, 0.717) is 17.2 Å². The van der Waals surface area contributed by atoms with Gasteiger partial charge in [-0.3, -0.25) is 9.59 Å². The van der Waals surface area contributed by atoms with Crippen molar-refractivity contribution in [3.8, 4) is 11.5 Å². The predicted molar refractivity (Wildman–Crippen MR) is 108 cm³/mol. The van der Waals surface area contributed by atoms with Crippen molar-refractivity contribution in [2.45, 2.75) is 6.61 Å². The summed E-state index contributed by atoms with van der Waals surface area (Å²) in [5.41, 5.74) is 1.62. The molecule has 0 atom stereocenters. The maximum absolute atomic E-state index is 12.4. The molecule has 1 aromatic carbocycles. The number of carbonyl (C=O) groups is 1. The van der Waals surface area contributed by atoms with Gasteiger partial charge in [-0.25, -0.2) is 4.98 Å². The Hall–Kier alpha value is -4.07. The van der Waals surface area contributed by atoms with Gasteiger partial charge in [0.15, 0.2) is 11.5 Å². The number of aromatic nitrogens is 3. The minimum atomic E-state index is -0.511. The molecule has 1 amide bonds. The lowest BCUT2D eigenvalue weighted by molar-refractivity contribution is 0.102. The minimum Gasteiger partial charge on any atom is -0.493 e. The van der Waals surface area contributed by atoms with Crippen LogP contribution in [0.4, 0.5) is 5.69 Å². The molecule has 146 valence electrons. The molecule has 8 heteroatoms. The van der Waals surface area contributed by atoms with Crippen molar-refractivity contribution in [3.05, 3.63) is 88.7 Å². The number of imidazole rings is 1. The van der Waals surface area contributed by atoms with Crippen LogP contribution < -0.4 is 20.3 Å². The van der Waals surface area contributed by atoms with Crippen LogP contribution in [0.2, 0.25) is 0 Å². The molecule has 3 aromatic heterocycles. The van der Waals surface area contributed by atoms with Crippen LogP contribution in [0.3, 0.4) is 0 Å². The molecule has 0 aliphatic heterocycles. The molecule has 0 aliphatic carbocycles. The first kappa shape index (κ1) is 18.3. The van der Waals surface area contributed by atoms with E-state index in [2.05, 4.69) is 15.3 Å². The predicted octanol–water partition coefficient (Wildman–Crippen LogP) is 2.86. The number of hydrogen-bond donors (Lipinski definition) is 2. The number of benzene rings is 1. The molecule has 0 spiro atoms. The number of hydrogen-bond acceptors (Lipinski definition) is 5. The largest absolute Gasteiger partial charge is 0.493 e. The third kappa shape index (κ3) is 3.96. The number of amides is 1. The van der Waals surface area contributed by atoms with Crippen LogP contribution in [0, 0.1) is 0 Å². The number of aromatic amines is 1. The van der Waals surface area contributed by atoms with E-state index >= 15 is 0 Å². The topological polar surface area (TPSA) is 97.7 Å². The fraction of sp³-hybridized carbons (Fsp3) is 0.0952. The molecule has 0 radical (unpaired) electrons. The van der Waals surface area contributed by atoms with E-state index in [9.17, 15) is 9.59 Å². The highest BCUT2D eigenvalue weighted by Crippen LogP contribution is 2.31. The SMILES string of the molecule is COc1ccc(NC(=O)c2ccc[nH]c2=O)cc1OCc1cn2ccccc2n1. The van der Waals surface area contributed by atoms with Gasteiger partial charge >= 0.3 is 0 Å². The van der Waals surface area contributed by atoms with Gasteiger partial charge in [-0.1, -0.05) is 6.07 Å². The number of carbonyl (C=O) groups excluding carboxylic acids is 1. The van der Waals surface area contributed by atoms with E-state index in [4.69, 9.17) is 9.47 Å². The molecule has 0 aliphatic rings. The van der Waals surface area contributed by atoms with Gasteiger partial charge in [-0.2, -0.15) is 0 Å². The molecule has 0 fully saturated rings. The molecular weight excluding hydrogens is 372 g/mol. The van der Waals surface area contributed by atoms with E-state index in [1.807, 2.05) is 35.0 Å². The van der Waals surface area contributed by atoms with Crippen molar-refractivity contribution in [1.29, 1.82) is 0 Å². The summed E-state index contributed by atoms with van der Waals surface area (Å²) in [6.45, 7) is 0.230. The highest BCUT2D eigenvalue weighted by atomic mass is 16.5. The van der Waals surface area contributed by atoms with Crippen LogP contribution in [0.15, 0.2) is 71.9 Å². The Labute approximate surface area is 165 Å². The molecule has 4 rings (SSSR count).